The minimum atomic E-state index is 0.833. The molecule has 2 heteroatoms. The summed E-state index contributed by atoms with van der Waals surface area (Å²) in [7, 11) is 0. The molecule has 0 bridgehead atoms. The molecule has 8 aromatic carbocycles. The lowest BCUT2D eigenvalue weighted by Gasteiger charge is -2.28. The van der Waals surface area contributed by atoms with Gasteiger partial charge in [-0.2, -0.15) is 0 Å². The highest BCUT2D eigenvalue weighted by molar-refractivity contribution is 5.93. The summed E-state index contributed by atoms with van der Waals surface area (Å²) in [6, 6.07) is 75.3. The number of fused-ring (bicyclic) bond motifs is 1. The molecule has 0 N–H and O–H groups in total. The van der Waals surface area contributed by atoms with E-state index in [-0.39, 0.29) is 0 Å². The molecule has 246 valence electrons. The van der Waals surface area contributed by atoms with Crippen molar-refractivity contribution in [2.75, 3.05) is 4.90 Å². The largest absolute Gasteiger partial charge is 0.456 e. The van der Waals surface area contributed by atoms with Crippen molar-refractivity contribution in [3.05, 3.63) is 212 Å². The molecule has 0 fully saturated rings. The first-order valence-electron chi connectivity index (χ1n) is 17.7. The first-order valence-corrected chi connectivity index (χ1v) is 17.7. The van der Waals surface area contributed by atoms with Crippen LogP contribution in [0.3, 0.4) is 0 Å². The van der Waals surface area contributed by atoms with E-state index in [4.69, 9.17) is 4.42 Å². The van der Waals surface area contributed by atoms with Crippen LogP contribution in [-0.2, 0) is 0 Å². The van der Waals surface area contributed by atoms with Crippen LogP contribution in [0.15, 0.2) is 217 Å². The molecule has 0 radical (unpaired) electrons. The van der Waals surface area contributed by atoms with Crippen molar-refractivity contribution >= 4 is 28.0 Å². The predicted octanol–water partition coefficient (Wildman–Crippen LogP) is 14.2. The number of hydrogen-bond donors (Lipinski definition) is 0. The van der Waals surface area contributed by atoms with Crippen LogP contribution < -0.4 is 4.90 Å². The summed E-state index contributed by atoms with van der Waals surface area (Å²) in [5.41, 5.74) is 14.4. The molecule has 2 nitrogen and oxygen atoms in total. The standard InChI is InChI=1S/C50H35NO/c1-4-14-36(15-5-1)39-24-26-40(27-25-39)41-28-30-45(31-29-41)51(48-22-12-11-21-47(48)50-35-42-20-10-13-23-49(42)52-50)46-33-43(37-16-6-2-7-17-37)32-44(34-46)38-18-8-3-9-19-38/h1-35H. The van der Waals surface area contributed by atoms with Crippen molar-refractivity contribution in [3.63, 3.8) is 0 Å². The summed E-state index contributed by atoms with van der Waals surface area (Å²) in [5.74, 6) is 0.833. The Bertz CT molecular complexity index is 2500. The summed E-state index contributed by atoms with van der Waals surface area (Å²) in [4.78, 5) is 2.36. The first kappa shape index (κ1) is 31.1. The van der Waals surface area contributed by atoms with E-state index in [0.717, 1.165) is 56.0 Å². The second-order valence-corrected chi connectivity index (χ2v) is 13.0. The van der Waals surface area contributed by atoms with E-state index in [2.05, 4.69) is 205 Å². The van der Waals surface area contributed by atoms with Gasteiger partial charge in [0, 0.05) is 22.3 Å². The number of hydrogen-bond acceptors (Lipinski definition) is 2. The fourth-order valence-electron chi connectivity index (χ4n) is 7.04. The maximum Gasteiger partial charge on any atom is 0.137 e. The molecule has 0 saturated carbocycles. The zero-order valence-corrected chi connectivity index (χ0v) is 28.6. The highest BCUT2D eigenvalue weighted by atomic mass is 16.3. The van der Waals surface area contributed by atoms with Gasteiger partial charge < -0.3 is 9.32 Å². The van der Waals surface area contributed by atoms with E-state index >= 15 is 0 Å². The Hall–Kier alpha value is -6.90. The van der Waals surface area contributed by atoms with Crippen LogP contribution in [0.2, 0.25) is 0 Å². The Kier molecular flexibility index (Phi) is 8.24. The smallest absolute Gasteiger partial charge is 0.137 e. The zero-order valence-electron chi connectivity index (χ0n) is 28.6. The van der Waals surface area contributed by atoms with Gasteiger partial charge in [0.05, 0.1) is 5.69 Å². The second-order valence-electron chi connectivity index (χ2n) is 13.0. The maximum absolute atomic E-state index is 6.49. The van der Waals surface area contributed by atoms with Crippen LogP contribution in [0, 0.1) is 0 Å². The van der Waals surface area contributed by atoms with E-state index in [9.17, 15) is 0 Å². The van der Waals surface area contributed by atoms with Gasteiger partial charge in [0.25, 0.3) is 0 Å². The van der Waals surface area contributed by atoms with E-state index < -0.39 is 0 Å². The van der Waals surface area contributed by atoms with Gasteiger partial charge in [0.2, 0.25) is 0 Å². The van der Waals surface area contributed by atoms with Crippen LogP contribution >= 0.6 is 0 Å². The zero-order chi connectivity index (χ0) is 34.7. The molecule has 0 aliphatic rings. The van der Waals surface area contributed by atoms with E-state index in [1.165, 1.54) is 27.8 Å². The number of anilines is 3. The first-order chi connectivity index (χ1) is 25.8. The Balaban J connectivity index is 1.20. The molecule has 1 aromatic heterocycles. The molecule has 0 aliphatic carbocycles. The number of benzene rings is 8. The van der Waals surface area contributed by atoms with Gasteiger partial charge in [0.1, 0.15) is 11.3 Å². The van der Waals surface area contributed by atoms with Crippen LogP contribution in [0.1, 0.15) is 0 Å². The summed E-state index contributed by atoms with van der Waals surface area (Å²) < 4.78 is 6.49. The van der Waals surface area contributed by atoms with E-state index in [0.29, 0.717) is 0 Å². The Labute approximate surface area is 304 Å². The van der Waals surface area contributed by atoms with Gasteiger partial charge >= 0.3 is 0 Å². The van der Waals surface area contributed by atoms with Crippen molar-refractivity contribution in [1.29, 1.82) is 0 Å². The summed E-state index contributed by atoms with van der Waals surface area (Å²) in [6.07, 6.45) is 0. The summed E-state index contributed by atoms with van der Waals surface area (Å²) in [5, 5.41) is 1.08. The van der Waals surface area contributed by atoms with Crippen molar-refractivity contribution in [2.45, 2.75) is 0 Å². The van der Waals surface area contributed by atoms with Gasteiger partial charge in [-0.1, -0.05) is 158 Å². The second kappa shape index (κ2) is 13.8. The third-order valence-electron chi connectivity index (χ3n) is 9.68. The molecular weight excluding hydrogens is 631 g/mol. The quantitative estimate of drug-likeness (QED) is 0.161. The molecule has 0 amide bonds. The third kappa shape index (κ3) is 6.19. The van der Waals surface area contributed by atoms with E-state index in [1.54, 1.807) is 0 Å². The molecular formula is C50H35NO. The average Bonchev–Trinajstić information content (AvgIpc) is 3.67. The minimum absolute atomic E-state index is 0.833. The highest BCUT2D eigenvalue weighted by Crippen LogP contribution is 2.44. The Morgan fingerprint density at radius 2 is 0.750 bits per heavy atom. The van der Waals surface area contributed by atoms with Crippen LogP contribution in [0.5, 0.6) is 0 Å². The summed E-state index contributed by atoms with van der Waals surface area (Å²) >= 11 is 0. The minimum Gasteiger partial charge on any atom is -0.456 e. The number of para-hydroxylation sites is 2. The lowest BCUT2D eigenvalue weighted by molar-refractivity contribution is 0.631. The highest BCUT2D eigenvalue weighted by Gasteiger charge is 2.21. The number of furan rings is 1. The van der Waals surface area contributed by atoms with Gasteiger partial charge in [-0.3, -0.25) is 0 Å². The molecule has 9 rings (SSSR count). The number of rotatable bonds is 8. The number of nitrogens with zero attached hydrogens (tertiary/aromatic N) is 1. The SMILES string of the molecule is c1ccc(-c2ccc(-c3ccc(N(c4cc(-c5ccccc5)cc(-c5ccccc5)c4)c4ccccc4-c4cc5ccccc5o4)cc3)cc2)cc1. The molecule has 0 atom stereocenters. The lowest BCUT2D eigenvalue weighted by atomic mass is 9.96. The van der Waals surface area contributed by atoms with Crippen LogP contribution in [0.4, 0.5) is 17.1 Å². The summed E-state index contributed by atoms with van der Waals surface area (Å²) in [6.45, 7) is 0. The van der Waals surface area contributed by atoms with Gasteiger partial charge in [-0.25, -0.2) is 0 Å². The molecule has 0 aliphatic heterocycles. The topological polar surface area (TPSA) is 16.4 Å². The third-order valence-corrected chi connectivity index (χ3v) is 9.68. The van der Waals surface area contributed by atoms with Crippen molar-refractivity contribution in [1.82, 2.24) is 0 Å². The average molecular weight is 666 g/mol. The van der Waals surface area contributed by atoms with Gasteiger partial charge in [-0.15, -0.1) is 0 Å². The van der Waals surface area contributed by atoms with Crippen molar-refractivity contribution in [3.8, 4) is 55.8 Å². The van der Waals surface area contributed by atoms with Crippen molar-refractivity contribution in [2.24, 2.45) is 0 Å². The monoisotopic (exact) mass is 665 g/mol. The molecule has 0 spiro atoms. The molecule has 1 heterocycles. The van der Waals surface area contributed by atoms with Crippen LogP contribution in [0.25, 0.3) is 66.8 Å². The predicted molar refractivity (Wildman–Crippen MR) is 218 cm³/mol. The molecule has 0 unspecified atom stereocenters. The van der Waals surface area contributed by atoms with Gasteiger partial charge in [0.15, 0.2) is 0 Å². The molecule has 52 heavy (non-hydrogen) atoms. The maximum atomic E-state index is 6.49. The fraction of sp³-hybridized carbons (Fsp3) is 0. The van der Waals surface area contributed by atoms with Crippen LogP contribution in [-0.4, -0.2) is 0 Å². The lowest BCUT2D eigenvalue weighted by Crippen LogP contribution is -2.11. The Morgan fingerprint density at radius 1 is 0.308 bits per heavy atom. The normalized spacial score (nSPS) is 11.1. The fourth-order valence-corrected chi connectivity index (χ4v) is 7.04. The molecule has 0 saturated heterocycles. The van der Waals surface area contributed by atoms with E-state index in [1.807, 2.05) is 12.1 Å². The molecule has 9 aromatic rings. The van der Waals surface area contributed by atoms with Gasteiger partial charge in [-0.05, 0) is 99.1 Å². The van der Waals surface area contributed by atoms with Crippen molar-refractivity contribution < 1.29 is 4.42 Å². The Morgan fingerprint density at radius 3 is 1.31 bits per heavy atom.